The largest absolute Gasteiger partial charge is 0.370 e. The van der Waals surface area contributed by atoms with Crippen molar-refractivity contribution in [2.45, 2.75) is 64.0 Å². The van der Waals surface area contributed by atoms with Crippen LogP contribution in [0.5, 0.6) is 0 Å². The zero-order valence-corrected chi connectivity index (χ0v) is 12.4. The molecule has 0 aromatic carbocycles. The molecule has 5 heteroatoms. The van der Waals surface area contributed by atoms with E-state index >= 15 is 0 Å². The first kappa shape index (κ1) is 14.5. The first-order valence-corrected chi connectivity index (χ1v) is 7.25. The molecule has 1 fully saturated rings. The molecule has 1 aliphatic carbocycles. The first-order valence-electron chi connectivity index (χ1n) is 7.25. The molecule has 2 atom stereocenters. The summed E-state index contributed by atoms with van der Waals surface area (Å²) < 4.78 is 11.0. The predicted molar refractivity (Wildman–Crippen MR) is 73.0 cm³/mol. The van der Waals surface area contributed by atoms with Crippen LogP contribution in [0, 0.1) is 0 Å². The Balaban J connectivity index is 2.04. The van der Waals surface area contributed by atoms with Crippen molar-refractivity contribution in [1.29, 1.82) is 0 Å². The first-order chi connectivity index (χ1) is 9.13. The molecule has 108 valence electrons. The van der Waals surface area contributed by atoms with E-state index in [1.54, 1.807) is 7.11 Å². The SMILES string of the molecule is CCCNC(C)C(C)c1nc(C2(OC)CCC2)no1. The lowest BCUT2D eigenvalue weighted by molar-refractivity contribution is -0.0858. The minimum absolute atomic E-state index is 0.210. The smallest absolute Gasteiger partial charge is 0.231 e. The molecular formula is C14H25N3O2. The van der Waals surface area contributed by atoms with Crippen LogP contribution in [0.15, 0.2) is 4.52 Å². The number of nitrogens with zero attached hydrogens (tertiary/aromatic N) is 2. The topological polar surface area (TPSA) is 60.2 Å². The van der Waals surface area contributed by atoms with Crippen LogP contribution in [0.3, 0.4) is 0 Å². The molecule has 0 radical (unpaired) electrons. The van der Waals surface area contributed by atoms with Gasteiger partial charge < -0.3 is 14.6 Å². The molecule has 2 unspecified atom stereocenters. The Labute approximate surface area is 115 Å². The van der Waals surface area contributed by atoms with Crippen LogP contribution in [-0.4, -0.2) is 29.8 Å². The van der Waals surface area contributed by atoms with E-state index in [9.17, 15) is 0 Å². The molecule has 5 nitrogen and oxygen atoms in total. The summed E-state index contributed by atoms with van der Waals surface area (Å²) in [7, 11) is 1.73. The maximum atomic E-state index is 5.58. The van der Waals surface area contributed by atoms with E-state index in [0.717, 1.165) is 25.8 Å². The number of aromatic nitrogens is 2. The second-order valence-corrected chi connectivity index (χ2v) is 5.54. The summed E-state index contributed by atoms with van der Waals surface area (Å²) in [6, 6.07) is 0.327. The quantitative estimate of drug-likeness (QED) is 0.822. The Morgan fingerprint density at radius 3 is 2.68 bits per heavy atom. The van der Waals surface area contributed by atoms with Crippen molar-refractivity contribution >= 4 is 0 Å². The third kappa shape index (κ3) is 2.82. The Hall–Kier alpha value is -0.940. The number of hydrogen-bond donors (Lipinski definition) is 1. The van der Waals surface area contributed by atoms with Crippen molar-refractivity contribution in [2.75, 3.05) is 13.7 Å². The van der Waals surface area contributed by atoms with Gasteiger partial charge in [-0.25, -0.2) is 0 Å². The molecule has 0 amide bonds. The lowest BCUT2D eigenvalue weighted by Crippen LogP contribution is -2.37. The Morgan fingerprint density at radius 1 is 1.42 bits per heavy atom. The Kier molecular flexibility index (Phi) is 4.58. The maximum Gasteiger partial charge on any atom is 0.231 e. The van der Waals surface area contributed by atoms with Gasteiger partial charge in [-0.3, -0.25) is 0 Å². The molecule has 0 bridgehead atoms. The second-order valence-electron chi connectivity index (χ2n) is 5.54. The van der Waals surface area contributed by atoms with Crippen LogP contribution in [0.4, 0.5) is 0 Å². The van der Waals surface area contributed by atoms with Crippen LogP contribution in [0.1, 0.15) is 64.1 Å². The summed E-state index contributed by atoms with van der Waals surface area (Å²) in [5.41, 5.74) is -0.290. The fourth-order valence-corrected chi connectivity index (χ4v) is 2.38. The van der Waals surface area contributed by atoms with Gasteiger partial charge in [-0.1, -0.05) is 19.0 Å². The molecule has 2 rings (SSSR count). The van der Waals surface area contributed by atoms with Gasteiger partial charge in [0.25, 0.3) is 0 Å². The highest BCUT2D eigenvalue weighted by molar-refractivity contribution is 5.08. The standard InChI is InChI=1S/C14H25N3O2/c1-5-9-15-11(3)10(2)12-16-13(17-19-12)14(18-4)7-6-8-14/h10-11,15H,5-9H2,1-4H3. The van der Waals surface area contributed by atoms with Crippen molar-refractivity contribution in [3.63, 3.8) is 0 Å². The van der Waals surface area contributed by atoms with E-state index in [1.807, 2.05) is 0 Å². The predicted octanol–water partition coefficient (Wildman–Crippen LogP) is 2.59. The molecule has 1 N–H and O–H groups in total. The molecule has 1 saturated carbocycles. The van der Waals surface area contributed by atoms with Crippen molar-refractivity contribution in [3.8, 4) is 0 Å². The van der Waals surface area contributed by atoms with Gasteiger partial charge in [0.2, 0.25) is 11.7 Å². The van der Waals surface area contributed by atoms with Gasteiger partial charge in [0.1, 0.15) is 5.60 Å². The van der Waals surface area contributed by atoms with E-state index in [1.165, 1.54) is 6.42 Å². The zero-order chi connectivity index (χ0) is 13.9. The molecule has 1 heterocycles. The van der Waals surface area contributed by atoms with Gasteiger partial charge in [0.15, 0.2) is 0 Å². The van der Waals surface area contributed by atoms with Crippen LogP contribution in [-0.2, 0) is 10.3 Å². The normalized spacial score (nSPS) is 20.8. The lowest BCUT2D eigenvalue weighted by atomic mass is 9.79. The summed E-state index contributed by atoms with van der Waals surface area (Å²) in [4.78, 5) is 4.56. The van der Waals surface area contributed by atoms with Crippen LogP contribution in [0.2, 0.25) is 0 Å². The molecule has 19 heavy (non-hydrogen) atoms. The van der Waals surface area contributed by atoms with E-state index < -0.39 is 0 Å². The third-order valence-electron chi connectivity index (χ3n) is 4.26. The molecule has 0 saturated heterocycles. The van der Waals surface area contributed by atoms with E-state index in [-0.39, 0.29) is 11.5 Å². The summed E-state index contributed by atoms with van der Waals surface area (Å²) in [5, 5.41) is 7.59. The van der Waals surface area contributed by atoms with Gasteiger partial charge >= 0.3 is 0 Å². The Bertz CT molecular complexity index is 396. The molecule has 0 spiro atoms. The summed E-state index contributed by atoms with van der Waals surface area (Å²) >= 11 is 0. The average molecular weight is 267 g/mol. The minimum Gasteiger partial charge on any atom is -0.370 e. The van der Waals surface area contributed by atoms with Crippen molar-refractivity contribution in [1.82, 2.24) is 15.5 Å². The van der Waals surface area contributed by atoms with Crippen molar-refractivity contribution < 1.29 is 9.26 Å². The van der Waals surface area contributed by atoms with Crippen molar-refractivity contribution in [2.24, 2.45) is 0 Å². The lowest BCUT2D eigenvalue weighted by Gasteiger charge is -2.37. The summed E-state index contributed by atoms with van der Waals surface area (Å²) in [6.45, 7) is 7.44. The molecule has 0 aliphatic heterocycles. The molecular weight excluding hydrogens is 242 g/mol. The van der Waals surface area contributed by atoms with Crippen LogP contribution in [0.25, 0.3) is 0 Å². The van der Waals surface area contributed by atoms with Gasteiger partial charge in [-0.2, -0.15) is 4.98 Å². The van der Waals surface area contributed by atoms with E-state index in [0.29, 0.717) is 17.8 Å². The minimum atomic E-state index is -0.290. The summed E-state index contributed by atoms with van der Waals surface area (Å²) in [5.74, 6) is 1.63. The van der Waals surface area contributed by atoms with Crippen LogP contribution >= 0.6 is 0 Å². The highest BCUT2D eigenvalue weighted by Crippen LogP contribution is 2.43. The number of nitrogens with one attached hydrogen (secondary N) is 1. The zero-order valence-electron chi connectivity index (χ0n) is 12.4. The highest BCUT2D eigenvalue weighted by atomic mass is 16.5. The van der Waals surface area contributed by atoms with Gasteiger partial charge in [0, 0.05) is 13.2 Å². The molecule has 1 aromatic heterocycles. The fraction of sp³-hybridized carbons (Fsp3) is 0.857. The number of methoxy groups -OCH3 is 1. The van der Waals surface area contributed by atoms with E-state index in [4.69, 9.17) is 9.26 Å². The monoisotopic (exact) mass is 267 g/mol. The molecule has 1 aromatic rings. The number of ether oxygens (including phenoxy) is 1. The van der Waals surface area contributed by atoms with E-state index in [2.05, 4.69) is 36.2 Å². The fourth-order valence-electron chi connectivity index (χ4n) is 2.38. The number of hydrogen-bond acceptors (Lipinski definition) is 5. The van der Waals surface area contributed by atoms with Crippen molar-refractivity contribution in [3.05, 3.63) is 11.7 Å². The second kappa shape index (κ2) is 6.01. The average Bonchev–Trinajstić information content (AvgIpc) is 2.84. The Morgan fingerprint density at radius 2 is 2.16 bits per heavy atom. The number of rotatable bonds is 7. The maximum absolute atomic E-state index is 5.58. The highest BCUT2D eigenvalue weighted by Gasteiger charge is 2.43. The van der Waals surface area contributed by atoms with Crippen LogP contribution < -0.4 is 5.32 Å². The molecule has 1 aliphatic rings. The van der Waals surface area contributed by atoms with Gasteiger partial charge in [0.05, 0.1) is 5.92 Å². The summed E-state index contributed by atoms with van der Waals surface area (Å²) in [6.07, 6.45) is 4.27. The third-order valence-corrected chi connectivity index (χ3v) is 4.26. The van der Waals surface area contributed by atoms with Gasteiger partial charge in [-0.15, -0.1) is 0 Å². The van der Waals surface area contributed by atoms with Gasteiger partial charge in [-0.05, 0) is 39.2 Å².